The second kappa shape index (κ2) is 4.76. The second-order valence-corrected chi connectivity index (χ2v) is 5.03. The summed E-state index contributed by atoms with van der Waals surface area (Å²) < 4.78 is 5.56. The Morgan fingerprint density at radius 2 is 1.94 bits per heavy atom. The minimum absolute atomic E-state index is 0.137. The first-order valence-electron chi connectivity index (χ1n) is 4.94. The van der Waals surface area contributed by atoms with E-state index in [0.717, 1.165) is 11.1 Å². The lowest BCUT2D eigenvalue weighted by atomic mass is 10.3. The standard InChI is InChI=1S/C11H5Cl2N3OS/c12-6-5-14-10(13)16-9(6)18-11-15-7-3-1-2-4-8(7)17-11/h1-5H. The molecule has 3 rings (SSSR count). The third-order valence-corrected chi connectivity index (χ3v) is 3.57. The zero-order valence-corrected chi connectivity index (χ0v) is 11.1. The normalized spacial score (nSPS) is 11.0. The summed E-state index contributed by atoms with van der Waals surface area (Å²) in [6.07, 6.45) is 1.45. The van der Waals surface area contributed by atoms with Crippen molar-refractivity contribution in [1.82, 2.24) is 15.0 Å². The van der Waals surface area contributed by atoms with Crippen molar-refractivity contribution in [1.29, 1.82) is 0 Å². The number of hydrogen-bond acceptors (Lipinski definition) is 5. The highest BCUT2D eigenvalue weighted by atomic mass is 35.5. The first kappa shape index (κ1) is 11.8. The van der Waals surface area contributed by atoms with Crippen LogP contribution < -0.4 is 0 Å². The lowest BCUT2D eigenvalue weighted by Crippen LogP contribution is -1.86. The van der Waals surface area contributed by atoms with E-state index in [0.29, 0.717) is 15.3 Å². The molecule has 0 unspecified atom stereocenters. The molecule has 2 aromatic heterocycles. The largest absolute Gasteiger partial charge is 0.431 e. The first-order chi connectivity index (χ1) is 8.72. The Morgan fingerprint density at radius 1 is 1.11 bits per heavy atom. The van der Waals surface area contributed by atoms with Gasteiger partial charge in [-0.25, -0.2) is 15.0 Å². The van der Waals surface area contributed by atoms with Gasteiger partial charge in [-0.15, -0.1) is 0 Å². The van der Waals surface area contributed by atoms with Crippen molar-refractivity contribution < 1.29 is 4.42 Å². The smallest absolute Gasteiger partial charge is 0.263 e. The minimum atomic E-state index is 0.137. The number of oxazole rings is 1. The monoisotopic (exact) mass is 297 g/mol. The molecule has 3 aromatic rings. The summed E-state index contributed by atoms with van der Waals surface area (Å²) in [6.45, 7) is 0. The maximum absolute atomic E-state index is 5.97. The molecular weight excluding hydrogens is 293 g/mol. The summed E-state index contributed by atoms with van der Waals surface area (Å²) in [5.41, 5.74) is 1.51. The summed E-state index contributed by atoms with van der Waals surface area (Å²) in [6, 6.07) is 7.50. The van der Waals surface area contributed by atoms with Gasteiger partial charge in [-0.1, -0.05) is 23.7 Å². The molecule has 0 radical (unpaired) electrons. The van der Waals surface area contributed by atoms with Gasteiger partial charge in [0.1, 0.15) is 10.5 Å². The highest BCUT2D eigenvalue weighted by molar-refractivity contribution is 7.99. The van der Waals surface area contributed by atoms with Crippen molar-refractivity contribution in [2.45, 2.75) is 10.2 Å². The van der Waals surface area contributed by atoms with Crippen LogP contribution in [0.2, 0.25) is 10.3 Å². The molecule has 4 nitrogen and oxygen atoms in total. The summed E-state index contributed by atoms with van der Waals surface area (Å²) in [5.74, 6) is 0. The highest BCUT2D eigenvalue weighted by Crippen LogP contribution is 2.32. The highest BCUT2D eigenvalue weighted by Gasteiger charge is 2.11. The van der Waals surface area contributed by atoms with Crippen LogP contribution in [0.5, 0.6) is 0 Å². The number of hydrogen-bond donors (Lipinski definition) is 0. The van der Waals surface area contributed by atoms with Crippen LogP contribution in [0.25, 0.3) is 11.1 Å². The van der Waals surface area contributed by atoms with E-state index in [2.05, 4.69) is 15.0 Å². The summed E-state index contributed by atoms with van der Waals surface area (Å²) >= 11 is 12.9. The number of benzene rings is 1. The molecular formula is C11H5Cl2N3OS. The van der Waals surface area contributed by atoms with Crippen LogP contribution >= 0.6 is 35.0 Å². The van der Waals surface area contributed by atoms with E-state index in [1.54, 1.807) is 0 Å². The van der Waals surface area contributed by atoms with Gasteiger partial charge >= 0.3 is 0 Å². The molecule has 90 valence electrons. The van der Waals surface area contributed by atoms with Crippen molar-refractivity contribution >= 4 is 46.1 Å². The average Bonchev–Trinajstić information content (AvgIpc) is 2.76. The van der Waals surface area contributed by atoms with E-state index in [1.807, 2.05) is 24.3 Å². The summed E-state index contributed by atoms with van der Waals surface area (Å²) in [5, 5.41) is 1.53. The van der Waals surface area contributed by atoms with Gasteiger partial charge in [0.15, 0.2) is 5.58 Å². The SMILES string of the molecule is Clc1ncc(Cl)c(Sc2nc3ccccc3o2)n1. The molecule has 0 spiro atoms. The van der Waals surface area contributed by atoms with E-state index < -0.39 is 0 Å². The quantitative estimate of drug-likeness (QED) is 0.527. The molecule has 0 aliphatic rings. The summed E-state index contributed by atoms with van der Waals surface area (Å²) in [7, 11) is 0. The molecule has 0 atom stereocenters. The Bertz CT molecular complexity index is 683. The number of rotatable bonds is 2. The third-order valence-electron chi connectivity index (χ3n) is 2.14. The molecule has 0 fully saturated rings. The van der Waals surface area contributed by atoms with Crippen molar-refractivity contribution in [3.8, 4) is 0 Å². The van der Waals surface area contributed by atoms with E-state index >= 15 is 0 Å². The van der Waals surface area contributed by atoms with Gasteiger partial charge in [0.05, 0.1) is 11.2 Å². The molecule has 0 aliphatic carbocycles. The van der Waals surface area contributed by atoms with Crippen molar-refractivity contribution in [3.63, 3.8) is 0 Å². The number of fused-ring (bicyclic) bond motifs is 1. The van der Waals surface area contributed by atoms with Crippen LogP contribution in [-0.2, 0) is 0 Å². The number of halogens is 2. The topological polar surface area (TPSA) is 51.8 Å². The average molecular weight is 298 g/mol. The third kappa shape index (κ3) is 2.29. The molecule has 7 heteroatoms. The van der Waals surface area contributed by atoms with Crippen LogP contribution in [0.4, 0.5) is 0 Å². The van der Waals surface area contributed by atoms with E-state index in [-0.39, 0.29) is 5.28 Å². The first-order valence-corrected chi connectivity index (χ1v) is 6.51. The van der Waals surface area contributed by atoms with Crippen LogP contribution in [0.15, 0.2) is 45.1 Å². The van der Waals surface area contributed by atoms with E-state index in [4.69, 9.17) is 27.6 Å². The van der Waals surface area contributed by atoms with E-state index in [1.165, 1.54) is 18.0 Å². The Kier molecular flexibility index (Phi) is 3.11. The van der Waals surface area contributed by atoms with Crippen molar-refractivity contribution in [3.05, 3.63) is 40.8 Å². The fraction of sp³-hybridized carbons (Fsp3) is 0. The molecule has 2 heterocycles. The predicted molar refractivity (Wildman–Crippen MR) is 70.2 cm³/mol. The number of para-hydroxylation sites is 2. The van der Waals surface area contributed by atoms with Gasteiger partial charge in [0.25, 0.3) is 5.22 Å². The van der Waals surface area contributed by atoms with Crippen molar-refractivity contribution in [2.75, 3.05) is 0 Å². The van der Waals surface area contributed by atoms with Gasteiger partial charge in [-0.05, 0) is 35.5 Å². The van der Waals surface area contributed by atoms with Crippen LogP contribution in [-0.4, -0.2) is 15.0 Å². The van der Waals surface area contributed by atoms with Crippen LogP contribution in [0.1, 0.15) is 0 Å². The Balaban J connectivity index is 1.98. The molecule has 0 bridgehead atoms. The molecule has 0 saturated carbocycles. The fourth-order valence-corrected chi connectivity index (χ4v) is 2.49. The molecule has 18 heavy (non-hydrogen) atoms. The van der Waals surface area contributed by atoms with Crippen LogP contribution in [0, 0.1) is 0 Å². The molecule has 0 aliphatic heterocycles. The molecule has 0 N–H and O–H groups in total. The van der Waals surface area contributed by atoms with Crippen LogP contribution in [0.3, 0.4) is 0 Å². The molecule has 0 amide bonds. The number of nitrogens with zero attached hydrogens (tertiary/aromatic N) is 3. The van der Waals surface area contributed by atoms with Crippen molar-refractivity contribution in [2.24, 2.45) is 0 Å². The van der Waals surface area contributed by atoms with Gasteiger partial charge < -0.3 is 4.42 Å². The van der Waals surface area contributed by atoms with Gasteiger partial charge in [0, 0.05) is 0 Å². The molecule has 1 aromatic carbocycles. The Hall–Kier alpha value is -1.30. The second-order valence-electron chi connectivity index (χ2n) is 3.34. The maximum Gasteiger partial charge on any atom is 0.263 e. The van der Waals surface area contributed by atoms with E-state index in [9.17, 15) is 0 Å². The molecule has 0 saturated heterocycles. The predicted octanol–water partition coefficient (Wildman–Crippen LogP) is 4.08. The van der Waals surface area contributed by atoms with Gasteiger partial charge in [-0.2, -0.15) is 0 Å². The zero-order valence-electron chi connectivity index (χ0n) is 8.80. The van der Waals surface area contributed by atoms with Gasteiger partial charge in [-0.3, -0.25) is 0 Å². The fourth-order valence-electron chi connectivity index (χ4n) is 1.38. The minimum Gasteiger partial charge on any atom is -0.431 e. The lowest BCUT2D eigenvalue weighted by Gasteiger charge is -1.98. The Labute approximate surface area is 116 Å². The Morgan fingerprint density at radius 3 is 2.78 bits per heavy atom. The lowest BCUT2D eigenvalue weighted by molar-refractivity contribution is 0.489. The summed E-state index contributed by atoms with van der Waals surface area (Å²) in [4.78, 5) is 12.1. The zero-order chi connectivity index (χ0) is 12.5. The maximum atomic E-state index is 5.97. The number of aromatic nitrogens is 3. The van der Waals surface area contributed by atoms with Gasteiger partial charge in [0.2, 0.25) is 5.28 Å².